The van der Waals surface area contributed by atoms with E-state index in [2.05, 4.69) is 32.7 Å². The number of nitrogens with zero attached hydrogens (tertiary/aromatic N) is 1. The summed E-state index contributed by atoms with van der Waals surface area (Å²) in [6.07, 6.45) is 5.12. The van der Waals surface area contributed by atoms with Gasteiger partial charge in [-0.05, 0) is 89.7 Å². The molecule has 3 atom stereocenters. The minimum absolute atomic E-state index is 0.131. The maximum atomic E-state index is 14.0. The number of ether oxygens (including phenoxy) is 1. The molecule has 3 aromatic rings. The number of likely N-dealkylation sites (tertiary alicyclic amines) is 1. The predicted octanol–water partition coefficient (Wildman–Crippen LogP) is 4.62. The van der Waals surface area contributed by atoms with Gasteiger partial charge >= 0.3 is 5.97 Å². The van der Waals surface area contributed by atoms with Crippen molar-refractivity contribution in [3.63, 3.8) is 0 Å². The molecule has 2 aromatic carbocycles. The Labute approximate surface area is 261 Å². The summed E-state index contributed by atoms with van der Waals surface area (Å²) >= 11 is 0. The Kier molecular flexibility index (Phi) is 11.6. The smallest absolute Gasteiger partial charge is 0.329 e. The van der Waals surface area contributed by atoms with Crippen LogP contribution in [0.5, 0.6) is 0 Å². The van der Waals surface area contributed by atoms with Crippen molar-refractivity contribution in [2.24, 2.45) is 11.7 Å². The monoisotopic (exact) mass is 603 g/mol. The molecule has 1 aromatic heterocycles. The first-order chi connectivity index (χ1) is 21.1. The summed E-state index contributed by atoms with van der Waals surface area (Å²) in [5.41, 5.74) is 8.14. The number of esters is 1. The fourth-order valence-corrected chi connectivity index (χ4v) is 5.91. The van der Waals surface area contributed by atoms with E-state index in [-0.39, 0.29) is 17.7 Å². The minimum atomic E-state index is -0.886. The number of para-hydroxylation sites is 1. The normalized spacial score (nSPS) is 16.7. The second-order valence-corrected chi connectivity index (χ2v) is 13.0. The van der Waals surface area contributed by atoms with E-state index in [1.54, 1.807) is 20.8 Å². The van der Waals surface area contributed by atoms with Gasteiger partial charge in [-0.15, -0.1) is 0 Å². The van der Waals surface area contributed by atoms with Crippen LogP contribution in [0.3, 0.4) is 0 Å². The van der Waals surface area contributed by atoms with E-state index in [1.807, 2.05) is 55.6 Å². The number of rotatable bonds is 13. The molecule has 0 bridgehead atoms. The van der Waals surface area contributed by atoms with Crippen LogP contribution >= 0.6 is 0 Å². The van der Waals surface area contributed by atoms with Crippen molar-refractivity contribution in [1.29, 1.82) is 0 Å². The van der Waals surface area contributed by atoms with Crippen LogP contribution in [-0.4, -0.2) is 65.0 Å². The maximum Gasteiger partial charge on any atom is 0.329 e. The van der Waals surface area contributed by atoms with Gasteiger partial charge in [0.05, 0.1) is 0 Å². The highest BCUT2D eigenvalue weighted by Crippen LogP contribution is 2.29. The Hall–Kier alpha value is -3.69. The molecule has 1 saturated heterocycles. The molecule has 2 heterocycles. The lowest BCUT2D eigenvalue weighted by Crippen LogP contribution is -2.55. The molecule has 2 amide bonds. The number of hydrogen-bond acceptors (Lipinski definition) is 6. The van der Waals surface area contributed by atoms with Gasteiger partial charge in [0, 0.05) is 35.5 Å². The standard InChI is InChI=1S/C35H49N5O4/c1-24(28-22-37-29-15-9-8-14-27(28)29)31(33(42)38-30(16-10-11-19-36)34(43)44-35(2,3)4)39-32(41)26-17-20-40(21-18-26)23-25-12-6-5-7-13-25/h5-9,12-15,22,24,26,30-31,37H,10-11,16-21,23,36H2,1-4H3,(H,38,42)(H,39,41)/t24-,30?,31-/m1/s1. The molecule has 0 saturated carbocycles. The minimum Gasteiger partial charge on any atom is -0.458 e. The number of fused-ring (bicyclic) bond motifs is 1. The van der Waals surface area contributed by atoms with Crippen molar-refractivity contribution in [3.05, 3.63) is 71.9 Å². The summed E-state index contributed by atoms with van der Waals surface area (Å²) in [5, 5.41) is 7.05. The van der Waals surface area contributed by atoms with Crippen LogP contribution in [0.1, 0.15) is 76.8 Å². The molecule has 5 N–H and O–H groups in total. The number of carbonyl (C=O) groups is 3. The van der Waals surface area contributed by atoms with Crippen LogP contribution < -0.4 is 16.4 Å². The molecule has 238 valence electrons. The van der Waals surface area contributed by atoms with E-state index < -0.39 is 29.6 Å². The average molecular weight is 604 g/mol. The van der Waals surface area contributed by atoms with Crippen LogP contribution in [0, 0.1) is 5.92 Å². The summed E-state index contributed by atoms with van der Waals surface area (Å²) in [6.45, 7) is 10.3. The van der Waals surface area contributed by atoms with Crippen molar-refractivity contribution in [2.45, 2.75) is 89.9 Å². The zero-order valence-electron chi connectivity index (χ0n) is 26.6. The lowest BCUT2D eigenvalue weighted by atomic mass is 9.90. The highest BCUT2D eigenvalue weighted by Gasteiger charge is 2.35. The van der Waals surface area contributed by atoms with Crippen LogP contribution in [0.15, 0.2) is 60.8 Å². The quantitative estimate of drug-likeness (QED) is 0.167. The van der Waals surface area contributed by atoms with Gasteiger partial charge in [0.25, 0.3) is 0 Å². The van der Waals surface area contributed by atoms with E-state index in [4.69, 9.17) is 10.5 Å². The zero-order chi connectivity index (χ0) is 31.7. The van der Waals surface area contributed by atoms with Gasteiger partial charge in [0.15, 0.2) is 0 Å². The van der Waals surface area contributed by atoms with Crippen LogP contribution in [-0.2, 0) is 25.7 Å². The van der Waals surface area contributed by atoms with Crippen LogP contribution in [0.4, 0.5) is 0 Å². The lowest BCUT2D eigenvalue weighted by Gasteiger charge is -2.33. The fraction of sp³-hybridized carbons (Fsp3) is 0.514. The highest BCUT2D eigenvalue weighted by atomic mass is 16.6. The van der Waals surface area contributed by atoms with Gasteiger partial charge < -0.3 is 26.1 Å². The van der Waals surface area contributed by atoms with Crippen molar-refractivity contribution in [1.82, 2.24) is 20.5 Å². The summed E-state index contributed by atoms with van der Waals surface area (Å²) in [4.78, 5) is 46.5. The molecule has 0 spiro atoms. The van der Waals surface area contributed by atoms with Crippen molar-refractivity contribution in [2.75, 3.05) is 19.6 Å². The molecule has 1 aliphatic heterocycles. The number of H-pyrrole nitrogens is 1. The van der Waals surface area contributed by atoms with Crippen LogP contribution in [0.25, 0.3) is 10.9 Å². The lowest BCUT2D eigenvalue weighted by molar-refractivity contribution is -0.159. The first-order valence-electron chi connectivity index (χ1n) is 15.9. The molecule has 9 heteroatoms. The van der Waals surface area contributed by atoms with Crippen molar-refractivity contribution >= 4 is 28.7 Å². The first-order valence-corrected chi connectivity index (χ1v) is 15.9. The summed E-state index contributed by atoms with van der Waals surface area (Å²) in [7, 11) is 0. The number of piperidine rings is 1. The van der Waals surface area contributed by atoms with Crippen molar-refractivity contribution < 1.29 is 19.1 Å². The molecule has 1 aliphatic rings. The molecule has 9 nitrogen and oxygen atoms in total. The second-order valence-electron chi connectivity index (χ2n) is 13.0. The molecular weight excluding hydrogens is 554 g/mol. The number of hydrogen-bond donors (Lipinski definition) is 4. The maximum absolute atomic E-state index is 14.0. The fourth-order valence-electron chi connectivity index (χ4n) is 5.91. The van der Waals surface area contributed by atoms with Gasteiger partial charge in [0.1, 0.15) is 17.7 Å². The Morgan fingerprint density at radius 2 is 1.68 bits per heavy atom. The van der Waals surface area contributed by atoms with E-state index in [0.29, 0.717) is 32.2 Å². The Morgan fingerprint density at radius 3 is 2.36 bits per heavy atom. The molecular formula is C35H49N5O4. The number of benzene rings is 2. The number of carbonyl (C=O) groups excluding carboxylic acids is 3. The molecule has 0 aliphatic carbocycles. The van der Waals surface area contributed by atoms with Gasteiger partial charge in [-0.1, -0.05) is 55.5 Å². The van der Waals surface area contributed by atoms with Crippen LogP contribution in [0.2, 0.25) is 0 Å². The third-order valence-corrected chi connectivity index (χ3v) is 8.35. The number of aromatic amines is 1. The SMILES string of the molecule is C[C@H](c1c[nH]c2ccccc12)[C@@H](NC(=O)C1CCN(Cc2ccccc2)CC1)C(=O)NC(CCCCN)C(=O)OC(C)(C)C. The van der Waals surface area contributed by atoms with E-state index in [1.165, 1.54) is 5.56 Å². The average Bonchev–Trinajstić information content (AvgIpc) is 3.43. The van der Waals surface area contributed by atoms with E-state index >= 15 is 0 Å². The third-order valence-electron chi connectivity index (χ3n) is 8.35. The van der Waals surface area contributed by atoms with E-state index in [0.717, 1.165) is 42.5 Å². The molecule has 0 radical (unpaired) electrons. The summed E-state index contributed by atoms with van der Waals surface area (Å²) in [5.74, 6) is -1.58. The Balaban J connectivity index is 1.50. The van der Waals surface area contributed by atoms with Crippen molar-refractivity contribution in [3.8, 4) is 0 Å². The number of unbranched alkanes of at least 4 members (excludes halogenated alkanes) is 1. The molecule has 1 unspecified atom stereocenters. The van der Waals surface area contributed by atoms with Gasteiger partial charge in [-0.2, -0.15) is 0 Å². The Bertz CT molecular complexity index is 1370. The van der Waals surface area contributed by atoms with Gasteiger partial charge in [-0.3, -0.25) is 14.5 Å². The first kappa shape index (κ1) is 33.2. The predicted molar refractivity (Wildman–Crippen MR) is 174 cm³/mol. The summed E-state index contributed by atoms with van der Waals surface area (Å²) < 4.78 is 5.65. The van der Waals surface area contributed by atoms with E-state index in [9.17, 15) is 14.4 Å². The molecule has 1 fully saturated rings. The third kappa shape index (κ3) is 9.16. The number of nitrogens with one attached hydrogen (secondary N) is 3. The zero-order valence-corrected chi connectivity index (χ0v) is 26.6. The number of nitrogens with two attached hydrogens (primary N) is 1. The van der Waals surface area contributed by atoms with Gasteiger partial charge in [-0.25, -0.2) is 4.79 Å². The second kappa shape index (κ2) is 15.3. The molecule has 44 heavy (non-hydrogen) atoms. The number of amides is 2. The Morgan fingerprint density at radius 1 is 1.00 bits per heavy atom. The highest BCUT2D eigenvalue weighted by molar-refractivity contribution is 5.93. The molecule has 4 rings (SSSR count). The van der Waals surface area contributed by atoms with Gasteiger partial charge in [0.2, 0.25) is 11.8 Å². The topological polar surface area (TPSA) is 130 Å². The largest absolute Gasteiger partial charge is 0.458 e. The number of aromatic nitrogens is 1. The summed E-state index contributed by atoms with van der Waals surface area (Å²) in [6, 6.07) is 16.5.